The van der Waals surface area contributed by atoms with Crippen LogP contribution in [-0.2, 0) is 11.3 Å². The van der Waals surface area contributed by atoms with Gasteiger partial charge in [0.1, 0.15) is 0 Å². The number of thioether (sulfide) groups is 1. The smallest absolute Gasteiger partial charge is 0.375 e. The summed E-state index contributed by atoms with van der Waals surface area (Å²) in [5.41, 5.74) is -1.92. The summed E-state index contributed by atoms with van der Waals surface area (Å²) in [4.78, 5) is 0. The van der Waals surface area contributed by atoms with Crippen molar-refractivity contribution < 1.29 is 17.9 Å². The predicted octanol–water partition coefficient (Wildman–Crippen LogP) is 3.10. The highest BCUT2D eigenvalue weighted by Crippen LogP contribution is 2.30. The summed E-state index contributed by atoms with van der Waals surface area (Å²) in [6, 6.07) is 7.83. The van der Waals surface area contributed by atoms with Crippen LogP contribution >= 0.6 is 11.8 Å². The van der Waals surface area contributed by atoms with Gasteiger partial charge in [-0.2, -0.15) is 13.2 Å². The van der Waals surface area contributed by atoms with Gasteiger partial charge in [0.05, 0.1) is 19.3 Å². The fraction of sp³-hybridized carbons (Fsp3) is 0.500. The predicted molar refractivity (Wildman–Crippen MR) is 65.4 cm³/mol. The molecule has 1 aliphatic heterocycles. The highest BCUT2D eigenvalue weighted by molar-refractivity contribution is 8.00. The molecule has 0 saturated carbocycles. The van der Waals surface area contributed by atoms with Gasteiger partial charge >= 0.3 is 5.51 Å². The number of rotatable bonds is 4. The van der Waals surface area contributed by atoms with Crippen molar-refractivity contribution in [2.75, 3.05) is 18.9 Å². The molecule has 0 bridgehead atoms. The van der Waals surface area contributed by atoms with Crippen molar-refractivity contribution in [3.8, 4) is 0 Å². The average Bonchev–Trinajstić information content (AvgIpc) is 2.33. The van der Waals surface area contributed by atoms with Crippen molar-refractivity contribution in [3.05, 3.63) is 35.4 Å². The number of alkyl halides is 3. The Balaban J connectivity index is 1.84. The zero-order chi connectivity index (χ0) is 13.0. The van der Waals surface area contributed by atoms with Crippen LogP contribution in [0.1, 0.15) is 17.2 Å². The number of nitrogens with one attached hydrogen (secondary N) is 1. The molecule has 1 heterocycles. The third kappa shape index (κ3) is 3.90. The Morgan fingerprint density at radius 2 is 2.11 bits per heavy atom. The van der Waals surface area contributed by atoms with Gasteiger partial charge in [0, 0.05) is 12.3 Å². The van der Waals surface area contributed by atoms with E-state index in [1.165, 1.54) is 0 Å². The second-order valence-corrected chi connectivity index (χ2v) is 5.17. The summed E-state index contributed by atoms with van der Waals surface area (Å²) >= 11 is 0.000132. The first kappa shape index (κ1) is 13.7. The fourth-order valence-corrected chi connectivity index (χ4v) is 2.40. The van der Waals surface area contributed by atoms with Crippen molar-refractivity contribution in [2.45, 2.75) is 18.2 Å². The number of hydrogen-bond acceptors (Lipinski definition) is 3. The molecule has 2 nitrogen and oxygen atoms in total. The molecule has 100 valence electrons. The van der Waals surface area contributed by atoms with Crippen molar-refractivity contribution in [3.63, 3.8) is 0 Å². The van der Waals surface area contributed by atoms with Gasteiger partial charge in [-0.25, -0.2) is 0 Å². The molecule has 0 aliphatic carbocycles. The van der Waals surface area contributed by atoms with Crippen LogP contribution in [0.2, 0.25) is 0 Å². The van der Waals surface area contributed by atoms with Gasteiger partial charge in [-0.1, -0.05) is 24.3 Å². The minimum atomic E-state index is -4.15. The molecule has 1 aromatic rings. The Morgan fingerprint density at radius 1 is 1.33 bits per heavy atom. The maximum absolute atomic E-state index is 12.0. The molecule has 1 N–H and O–H groups in total. The van der Waals surface area contributed by atoms with E-state index >= 15 is 0 Å². The first-order valence-corrected chi connectivity index (χ1v) is 6.64. The van der Waals surface area contributed by atoms with Crippen molar-refractivity contribution in [2.24, 2.45) is 0 Å². The van der Waals surface area contributed by atoms with Crippen LogP contribution < -0.4 is 5.32 Å². The lowest BCUT2D eigenvalue weighted by molar-refractivity contribution is -0.0327. The van der Waals surface area contributed by atoms with Crippen molar-refractivity contribution in [1.29, 1.82) is 0 Å². The molecule has 0 amide bonds. The number of fused-ring (bicyclic) bond motifs is 1. The van der Waals surface area contributed by atoms with E-state index in [1.54, 1.807) is 0 Å². The summed E-state index contributed by atoms with van der Waals surface area (Å²) in [5, 5.41) is 3.10. The van der Waals surface area contributed by atoms with Gasteiger partial charge in [0.25, 0.3) is 0 Å². The second-order valence-electron chi connectivity index (χ2n) is 4.01. The zero-order valence-electron chi connectivity index (χ0n) is 9.67. The van der Waals surface area contributed by atoms with E-state index in [2.05, 4.69) is 5.32 Å². The largest absolute Gasteiger partial charge is 0.441 e. The molecule has 6 heteroatoms. The van der Waals surface area contributed by atoms with Gasteiger partial charge in [-0.15, -0.1) is 0 Å². The third-order valence-corrected chi connectivity index (χ3v) is 3.47. The third-order valence-electron chi connectivity index (χ3n) is 2.73. The molecule has 0 saturated heterocycles. The Kier molecular flexibility index (Phi) is 4.53. The first-order valence-electron chi connectivity index (χ1n) is 5.66. The molecule has 1 atom stereocenters. The van der Waals surface area contributed by atoms with E-state index in [1.807, 2.05) is 24.3 Å². The molecule has 1 unspecified atom stereocenters. The fourth-order valence-electron chi connectivity index (χ4n) is 1.95. The lowest BCUT2D eigenvalue weighted by atomic mass is 9.99. The van der Waals surface area contributed by atoms with Gasteiger partial charge in [-0.3, -0.25) is 0 Å². The summed E-state index contributed by atoms with van der Waals surface area (Å²) < 4.78 is 41.3. The maximum Gasteiger partial charge on any atom is 0.441 e. The molecule has 0 aromatic heterocycles. The van der Waals surface area contributed by atoms with Crippen LogP contribution in [-0.4, -0.2) is 24.4 Å². The Morgan fingerprint density at radius 3 is 2.89 bits per heavy atom. The highest BCUT2D eigenvalue weighted by Gasteiger charge is 2.27. The normalized spacial score (nSPS) is 19.6. The van der Waals surface area contributed by atoms with E-state index < -0.39 is 5.51 Å². The lowest BCUT2D eigenvalue weighted by Crippen LogP contribution is -2.31. The summed E-state index contributed by atoms with van der Waals surface area (Å²) in [7, 11) is 0. The highest BCUT2D eigenvalue weighted by atomic mass is 32.2. The number of halogens is 3. The molecule has 0 fully saturated rings. The van der Waals surface area contributed by atoms with E-state index in [0.717, 1.165) is 11.1 Å². The topological polar surface area (TPSA) is 21.3 Å². The maximum atomic E-state index is 12.0. The van der Waals surface area contributed by atoms with Crippen LogP contribution in [0.3, 0.4) is 0 Å². The molecule has 1 aliphatic rings. The number of benzene rings is 1. The summed E-state index contributed by atoms with van der Waals surface area (Å²) in [6.07, 6.45) is 0. The monoisotopic (exact) mass is 277 g/mol. The molecular weight excluding hydrogens is 263 g/mol. The molecule has 1 aromatic carbocycles. The first-order chi connectivity index (χ1) is 8.56. The lowest BCUT2D eigenvalue weighted by Gasteiger charge is -2.26. The quantitative estimate of drug-likeness (QED) is 0.855. The van der Waals surface area contributed by atoms with Gasteiger partial charge < -0.3 is 10.1 Å². The molecule has 2 rings (SSSR count). The van der Waals surface area contributed by atoms with Crippen LogP contribution in [0, 0.1) is 0 Å². The van der Waals surface area contributed by atoms with Crippen LogP contribution in [0.25, 0.3) is 0 Å². The average molecular weight is 277 g/mol. The Bertz CT molecular complexity index is 397. The zero-order valence-corrected chi connectivity index (χ0v) is 10.5. The molecule has 0 radical (unpaired) electrons. The Labute approximate surface area is 108 Å². The van der Waals surface area contributed by atoms with E-state index in [9.17, 15) is 13.2 Å². The van der Waals surface area contributed by atoms with Crippen molar-refractivity contribution in [1.82, 2.24) is 5.32 Å². The van der Waals surface area contributed by atoms with Gasteiger partial charge in [-0.05, 0) is 22.9 Å². The summed E-state index contributed by atoms with van der Waals surface area (Å²) in [5.74, 6) is 0.0160. The van der Waals surface area contributed by atoms with Crippen LogP contribution in [0.15, 0.2) is 24.3 Å². The molecule has 18 heavy (non-hydrogen) atoms. The standard InChI is InChI=1S/C12H14F3NOS/c13-12(14,15)18-6-5-16-11-8-17-7-9-3-1-2-4-10(9)11/h1-4,11,16H,5-8H2. The number of ether oxygens (including phenoxy) is 1. The van der Waals surface area contributed by atoms with Crippen LogP contribution in [0.5, 0.6) is 0 Å². The van der Waals surface area contributed by atoms with Crippen molar-refractivity contribution >= 4 is 11.8 Å². The second kappa shape index (κ2) is 5.95. The van der Waals surface area contributed by atoms with E-state index in [4.69, 9.17) is 4.74 Å². The van der Waals surface area contributed by atoms with Crippen LogP contribution in [0.4, 0.5) is 13.2 Å². The van der Waals surface area contributed by atoms with Gasteiger partial charge in [0.2, 0.25) is 0 Å². The Hall–Kier alpha value is -0.720. The van der Waals surface area contributed by atoms with E-state index in [-0.39, 0.29) is 23.6 Å². The minimum absolute atomic E-state index is 0.000132. The minimum Gasteiger partial charge on any atom is -0.375 e. The summed E-state index contributed by atoms with van der Waals surface area (Å²) in [6.45, 7) is 1.39. The SMILES string of the molecule is FC(F)(F)SCCNC1COCc2ccccc21. The number of hydrogen-bond donors (Lipinski definition) is 1. The van der Waals surface area contributed by atoms with E-state index in [0.29, 0.717) is 19.8 Å². The van der Waals surface area contributed by atoms with Gasteiger partial charge in [0.15, 0.2) is 0 Å². The molecule has 0 spiro atoms. The molecular formula is C12H14F3NOS.